The molecule has 0 atom stereocenters. The van der Waals surface area contributed by atoms with Crippen LogP contribution in [0, 0.1) is 0 Å². The summed E-state index contributed by atoms with van der Waals surface area (Å²) in [6, 6.07) is 12.4. The van der Waals surface area contributed by atoms with E-state index in [9.17, 15) is 9.59 Å². The van der Waals surface area contributed by atoms with Gasteiger partial charge in [-0.2, -0.15) is 0 Å². The van der Waals surface area contributed by atoms with Gasteiger partial charge in [0.1, 0.15) is 0 Å². The summed E-state index contributed by atoms with van der Waals surface area (Å²) >= 11 is 13.7. The Morgan fingerprint density at radius 1 is 1.15 bits per heavy atom. The van der Waals surface area contributed by atoms with Crippen molar-refractivity contribution in [2.75, 3.05) is 18.1 Å². The molecular formula is C18H19Cl2N3O2S. The number of nitrogens with two attached hydrogens (primary N) is 1. The molecule has 0 aliphatic rings. The van der Waals surface area contributed by atoms with Crippen molar-refractivity contribution < 1.29 is 9.59 Å². The minimum absolute atomic E-state index is 0.274. The maximum Gasteiger partial charge on any atom is 0.321 e. The summed E-state index contributed by atoms with van der Waals surface area (Å²) < 4.78 is 0. The molecule has 8 heteroatoms. The van der Waals surface area contributed by atoms with Gasteiger partial charge in [-0.1, -0.05) is 47.5 Å². The number of rotatable bonds is 7. The van der Waals surface area contributed by atoms with Crippen molar-refractivity contribution in [3.63, 3.8) is 0 Å². The molecule has 0 spiro atoms. The van der Waals surface area contributed by atoms with E-state index in [0.717, 1.165) is 10.5 Å². The zero-order chi connectivity index (χ0) is 19.1. The van der Waals surface area contributed by atoms with E-state index in [4.69, 9.17) is 28.9 Å². The van der Waals surface area contributed by atoms with E-state index in [-0.39, 0.29) is 18.4 Å². The minimum Gasteiger partial charge on any atom is -0.370 e. The SMILES string of the molecule is CN(Cc1cccc(Cl)c1Cl)C(=O)Nc1ccccc1SCCC(N)=O. The average molecular weight is 412 g/mol. The fourth-order valence-electron chi connectivity index (χ4n) is 2.17. The van der Waals surface area contributed by atoms with Crippen molar-refractivity contribution in [3.05, 3.63) is 58.1 Å². The molecule has 0 aromatic heterocycles. The quantitative estimate of drug-likeness (QED) is 0.652. The van der Waals surface area contributed by atoms with Crippen molar-refractivity contribution in [2.45, 2.75) is 17.9 Å². The molecule has 0 bridgehead atoms. The molecular weight excluding hydrogens is 393 g/mol. The van der Waals surface area contributed by atoms with Gasteiger partial charge in [-0.05, 0) is 23.8 Å². The Bertz CT molecular complexity index is 802. The second-order valence-electron chi connectivity index (χ2n) is 5.56. The topological polar surface area (TPSA) is 75.4 Å². The molecule has 5 nitrogen and oxygen atoms in total. The van der Waals surface area contributed by atoms with Crippen LogP contribution < -0.4 is 11.1 Å². The number of urea groups is 1. The number of carbonyl (C=O) groups is 2. The Morgan fingerprint density at radius 3 is 2.62 bits per heavy atom. The van der Waals surface area contributed by atoms with E-state index in [1.165, 1.54) is 16.7 Å². The number of primary amides is 1. The van der Waals surface area contributed by atoms with Crippen molar-refractivity contribution in [1.29, 1.82) is 0 Å². The molecule has 0 aliphatic carbocycles. The molecule has 138 valence electrons. The molecule has 0 radical (unpaired) electrons. The highest BCUT2D eigenvalue weighted by atomic mass is 35.5. The van der Waals surface area contributed by atoms with Crippen LogP contribution in [0.1, 0.15) is 12.0 Å². The van der Waals surface area contributed by atoms with Crippen molar-refractivity contribution >= 4 is 52.6 Å². The van der Waals surface area contributed by atoms with Crippen LogP contribution in [0.5, 0.6) is 0 Å². The lowest BCUT2D eigenvalue weighted by Crippen LogP contribution is -2.31. The first-order valence-corrected chi connectivity index (χ1v) is 9.57. The molecule has 3 N–H and O–H groups in total. The van der Waals surface area contributed by atoms with Crippen LogP contribution in [0.25, 0.3) is 0 Å². The number of nitrogens with zero attached hydrogens (tertiary/aromatic N) is 1. The fourth-order valence-corrected chi connectivity index (χ4v) is 3.52. The molecule has 0 saturated heterocycles. The Morgan fingerprint density at radius 2 is 1.88 bits per heavy atom. The Labute approximate surface area is 166 Å². The van der Waals surface area contributed by atoms with Crippen LogP contribution in [0.15, 0.2) is 47.4 Å². The largest absolute Gasteiger partial charge is 0.370 e. The number of amides is 3. The van der Waals surface area contributed by atoms with Crippen molar-refractivity contribution in [2.24, 2.45) is 5.73 Å². The van der Waals surface area contributed by atoms with Gasteiger partial charge in [0.05, 0.1) is 15.7 Å². The second kappa shape index (κ2) is 9.71. The Kier molecular flexibility index (Phi) is 7.63. The zero-order valence-electron chi connectivity index (χ0n) is 14.2. The van der Waals surface area contributed by atoms with Gasteiger partial charge in [0.15, 0.2) is 0 Å². The highest BCUT2D eigenvalue weighted by Crippen LogP contribution is 2.29. The average Bonchev–Trinajstić information content (AvgIpc) is 2.60. The summed E-state index contributed by atoms with van der Waals surface area (Å²) in [5, 5.41) is 3.77. The maximum absolute atomic E-state index is 12.5. The summed E-state index contributed by atoms with van der Waals surface area (Å²) in [7, 11) is 1.68. The number of hydrogen-bond acceptors (Lipinski definition) is 3. The van der Waals surface area contributed by atoms with E-state index in [1.807, 2.05) is 30.3 Å². The predicted molar refractivity (Wildman–Crippen MR) is 108 cm³/mol. The normalized spacial score (nSPS) is 10.4. The first-order chi connectivity index (χ1) is 12.4. The first kappa shape index (κ1) is 20.4. The van der Waals surface area contributed by atoms with Crippen LogP contribution in [0.3, 0.4) is 0 Å². The lowest BCUT2D eigenvalue weighted by Gasteiger charge is -2.20. The van der Waals surface area contributed by atoms with E-state index in [1.54, 1.807) is 19.2 Å². The Hall–Kier alpha value is -1.89. The highest BCUT2D eigenvalue weighted by Gasteiger charge is 2.14. The molecule has 3 amide bonds. The monoisotopic (exact) mass is 411 g/mol. The van der Waals surface area contributed by atoms with Gasteiger partial charge in [0.25, 0.3) is 0 Å². The molecule has 0 aliphatic heterocycles. The van der Waals surface area contributed by atoms with E-state index in [0.29, 0.717) is 28.0 Å². The number of thioether (sulfide) groups is 1. The zero-order valence-corrected chi connectivity index (χ0v) is 16.5. The molecule has 0 saturated carbocycles. The third-order valence-electron chi connectivity index (χ3n) is 3.52. The highest BCUT2D eigenvalue weighted by molar-refractivity contribution is 7.99. The van der Waals surface area contributed by atoms with Crippen molar-refractivity contribution in [1.82, 2.24) is 4.90 Å². The number of nitrogens with one attached hydrogen (secondary N) is 1. The number of carbonyl (C=O) groups excluding carboxylic acids is 2. The third kappa shape index (κ3) is 5.83. The fraction of sp³-hybridized carbons (Fsp3) is 0.222. The van der Waals surface area contributed by atoms with Crippen molar-refractivity contribution in [3.8, 4) is 0 Å². The number of hydrogen-bond donors (Lipinski definition) is 2. The van der Waals surface area contributed by atoms with Gasteiger partial charge in [0, 0.05) is 30.7 Å². The van der Waals surface area contributed by atoms with Crippen LogP contribution in [-0.4, -0.2) is 29.6 Å². The summed E-state index contributed by atoms with van der Waals surface area (Å²) in [6.07, 6.45) is 0.278. The first-order valence-electron chi connectivity index (χ1n) is 7.83. The van der Waals surface area contributed by atoms with Gasteiger partial charge in [-0.3, -0.25) is 4.79 Å². The third-order valence-corrected chi connectivity index (χ3v) is 5.45. The molecule has 2 aromatic rings. The van der Waals surface area contributed by atoms with E-state index in [2.05, 4.69) is 5.32 Å². The number of anilines is 1. The lowest BCUT2D eigenvalue weighted by molar-refractivity contribution is -0.117. The van der Waals surface area contributed by atoms with Gasteiger partial charge >= 0.3 is 6.03 Å². The van der Waals surface area contributed by atoms with Crippen LogP contribution in [0.4, 0.5) is 10.5 Å². The van der Waals surface area contributed by atoms with E-state index < -0.39 is 0 Å². The van der Waals surface area contributed by atoms with Crippen LogP contribution >= 0.6 is 35.0 Å². The van der Waals surface area contributed by atoms with Gasteiger partial charge in [0.2, 0.25) is 5.91 Å². The molecule has 0 unspecified atom stereocenters. The van der Waals surface area contributed by atoms with Gasteiger partial charge in [-0.25, -0.2) is 4.79 Å². The summed E-state index contributed by atoms with van der Waals surface area (Å²) in [4.78, 5) is 25.8. The number of benzene rings is 2. The molecule has 0 fully saturated rings. The smallest absolute Gasteiger partial charge is 0.321 e. The summed E-state index contributed by atoms with van der Waals surface area (Å²) in [6.45, 7) is 0.322. The summed E-state index contributed by atoms with van der Waals surface area (Å²) in [5.74, 6) is 0.202. The lowest BCUT2D eigenvalue weighted by atomic mass is 10.2. The summed E-state index contributed by atoms with van der Waals surface area (Å²) in [5.41, 5.74) is 6.60. The van der Waals surface area contributed by atoms with Gasteiger partial charge in [-0.15, -0.1) is 11.8 Å². The molecule has 2 rings (SSSR count). The van der Waals surface area contributed by atoms with Crippen LogP contribution in [0.2, 0.25) is 10.0 Å². The molecule has 2 aromatic carbocycles. The Balaban J connectivity index is 2.02. The molecule has 26 heavy (non-hydrogen) atoms. The number of para-hydroxylation sites is 1. The second-order valence-corrected chi connectivity index (χ2v) is 7.48. The van der Waals surface area contributed by atoms with E-state index >= 15 is 0 Å². The molecule has 0 heterocycles. The number of halogens is 2. The minimum atomic E-state index is -0.350. The van der Waals surface area contributed by atoms with Gasteiger partial charge < -0.3 is 16.0 Å². The maximum atomic E-state index is 12.5. The standard InChI is InChI=1S/C18H19Cl2N3O2S/c1-23(11-12-5-4-6-13(19)17(12)20)18(25)22-14-7-2-3-8-15(14)26-10-9-16(21)24/h2-8H,9-11H2,1H3,(H2,21,24)(H,22,25). The predicted octanol–water partition coefficient (Wildman–Crippen LogP) is 4.62. The van der Waals surface area contributed by atoms with Crippen LogP contribution in [-0.2, 0) is 11.3 Å².